The second-order valence-corrected chi connectivity index (χ2v) is 6.69. The quantitative estimate of drug-likeness (QED) is 0.421. The number of rotatable bonds is 9. The van der Waals surface area contributed by atoms with E-state index in [2.05, 4.69) is 22.2 Å². The van der Waals surface area contributed by atoms with E-state index < -0.39 is 17.6 Å². The summed E-state index contributed by atoms with van der Waals surface area (Å²) in [4.78, 5) is 28.1. The van der Waals surface area contributed by atoms with E-state index in [9.17, 15) is 27.9 Å². The van der Waals surface area contributed by atoms with Gasteiger partial charge in [0.15, 0.2) is 5.16 Å². The lowest BCUT2D eigenvalue weighted by molar-refractivity contribution is -0.137. The van der Waals surface area contributed by atoms with Gasteiger partial charge in [-0.1, -0.05) is 30.0 Å². The largest absolute Gasteiger partial charge is 0.418 e. The molecule has 2 rings (SSSR count). The first-order valence-corrected chi connectivity index (χ1v) is 9.36. The zero-order valence-electron chi connectivity index (χ0n) is 15.2. The number of aliphatic hydroxyl groups is 1. The van der Waals surface area contributed by atoms with Crippen LogP contribution in [-0.4, -0.2) is 38.8 Å². The van der Waals surface area contributed by atoms with Crippen molar-refractivity contribution in [1.82, 2.24) is 14.9 Å². The number of imidazole rings is 1. The molecule has 0 saturated carbocycles. The van der Waals surface area contributed by atoms with Gasteiger partial charge in [0.25, 0.3) is 0 Å². The number of hydrogen-bond donors (Lipinski definition) is 3. The van der Waals surface area contributed by atoms with Crippen LogP contribution in [0.4, 0.5) is 18.9 Å². The van der Waals surface area contributed by atoms with E-state index in [0.717, 1.165) is 17.8 Å². The van der Waals surface area contributed by atoms with Crippen molar-refractivity contribution < 1.29 is 27.9 Å². The second-order valence-electron chi connectivity index (χ2n) is 5.75. The third kappa shape index (κ3) is 6.36. The summed E-state index contributed by atoms with van der Waals surface area (Å²) in [6.07, 6.45) is -1.72. The maximum absolute atomic E-state index is 13.0. The fourth-order valence-electron chi connectivity index (χ4n) is 2.34. The fourth-order valence-corrected chi connectivity index (χ4v) is 3.14. The molecule has 156 valence electrons. The second kappa shape index (κ2) is 10.1. The van der Waals surface area contributed by atoms with E-state index in [0.29, 0.717) is 5.69 Å². The van der Waals surface area contributed by atoms with Crippen molar-refractivity contribution in [2.75, 3.05) is 17.6 Å². The van der Waals surface area contributed by atoms with Crippen LogP contribution in [0.5, 0.6) is 0 Å². The van der Waals surface area contributed by atoms with Crippen LogP contribution >= 0.6 is 11.8 Å². The highest BCUT2D eigenvalue weighted by atomic mass is 32.2. The van der Waals surface area contributed by atoms with Crippen molar-refractivity contribution >= 4 is 29.3 Å². The van der Waals surface area contributed by atoms with Gasteiger partial charge in [-0.3, -0.25) is 9.59 Å². The molecule has 1 aromatic heterocycles. The van der Waals surface area contributed by atoms with Crippen molar-refractivity contribution in [3.8, 4) is 0 Å². The van der Waals surface area contributed by atoms with Gasteiger partial charge in [0.1, 0.15) is 6.54 Å². The van der Waals surface area contributed by atoms with E-state index in [1.165, 1.54) is 35.0 Å². The Morgan fingerprint density at radius 2 is 2.00 bits per heavy atom. The summed E-state index contributed by atoms with van der Waals surface area (Å²) in [5.41, 5.74) is -0.917. The first kappa shape index (κ1) is 22.5. The Bertz CT molecular complexity index is 883. The predicted octanol–water partition coefficient (Wildman–Crippen LogP) is 2.43. The Balaban J connectivity index is 2.05. The Hall–Kier alpha value is -2.79. The highest BCUT2D eigenvalue weighted by molar-refractivity contribution is 7.99. The first-order chi connectivity index (χ1) is 13.8. The molecule has 0 spiro atoms. The van der Waals surface area contributed by atoms with E-state index in [4.69, 9.17) is 0 Å². The van der Waals surface area contributed by atoms with Crippen molar-refractivity contribution in [3.63, 3.8) is 0 Å². The molecule has 1 heterocycles. The molecule has 0 saturated heterocycles. The molecule has 11 heteroatoms. The minimum atomic E-state index is -4.60. The van der Waals surface area contributed by atoms with Gasteiger partial charge in [0, 0.05) is 6.54 Å². The number of amides is 2. The normalized spacial score (nSPS) is 11.2. The topological polar surface area (TPSA) is 96.2 Å². The number of thioether (sulfide) groups is 1. The van der Waals surface area contributed by atoms with Gasteiger partial charge in [0.05, 0.1) is 35.5 Å². The molecule has 1 aromatic carbocycles. The zero-order valence-corrected chi connectivity index (χ0v) is 16.0. The highest BCUT2D eigenvalue weighted by Crippen LogP contribution is 2.34. The number of nitrogens with one attached hydrogen (secondary N) is 2. The summed E-state index contributed by atoms with van der Waals surface area (Å²) < 4.78 is 40.5. The van der Waals surface area contributed by atoms with Gasteiger partial charge in [0.2, 0.25) is 11.8 Å². The summed E-state index contributed by atoms with van der Waals surface area (Å²) in [6.45, 7) is 3.26. The van der Waals surface area contributed by atoms with Crippen LogP contribution in [-0.2, 0) is 28.9 Å². The molecule has 29 heavy (non-hydrogen) atoms. The summed E-state index contributed by atoms with van der Waals surface area (Å²) in [5, 5.41) is 14.5. The molecular formula is C18H19F3N4O3S. The lowest BCUT2D eigenvalue weighted by atomic mass is 10.1. The fraction of sp³-hybridized carbons (Fsp3) is 0.278. The highest BCUT2D eigenvalue weighted by Gasteiger charge is 2.33. The SMILES string of the molecule is C=CCNC(=O)Cn1c(CO)cnc1SCC(=O)Nc1ccccc1C(F)(F)F. The minimum Gasteiger partial charge on any atom is -0.390 e. The predicted molar refractivity (Wildman–Crippen MR) is 102 cm³/mol. The number of benzene rings is 1. The molecule has 0 aliphatic heterocycles. The monoisotopic (exact) mass is 428 g/mol. The first-order valence-electron chi connectivity index (χ1n) is 8.38. The summed E-state index contributed by atoms with van der Waals surface area (Å²) in [7, 11) is 0. The van der Waals surface area contributed by atoms with Crippen molar-refractivity contribution in [2.24, 2.45) is 0 Å². The van der Waals surface area contributed by atoms with Crippen molar-refractivity contribution in [3.05, 3.63) is 54.4 Å². The van der Waals surface area contributed by atoms with Gasteiger partial charge < -0.3 is 20.3 Å². The molecule has 7 nitrogen and oxygen atoms in total. The van der Waals surface area contributed by atoms with Crippen molar-refractivity contribution in [1.29, 1.82) is 0 Å². The van der Waals surface area contributed by atoms with Gasteiger partial charge in [-0.25, -0.2) is 4.98 Å². The Kier molecular flexibility index (Phi) is 7.85. The summed E-state index contributed by atoms with van der Waals surface area (Å²) in [5.74, 6) is -1.24. The number of carbonyl (C=O) groups excluding carboxylic acids is 2. The standard InChI is InChI=1S/C18H19F3N4O3S/c1-2-7-22-15(27)9-25-12(10-26)8-23-17(25)29-11-16(28)24-14-6-4-3-5-13(14)18(19,20)21/h2-6,8,26H,1,7,9-11H2,(H,22,27)(H,24,28). The van der Waals surface area contributed by atoms with Crippen LogP contribution in [0.3, 0.4) is 0 Å². The van der Waals surface area contributed by atoms with Crippen LogP contribution in [0.1, 0.15) is 11.3 Å². The van der Waals surface area contributed by atoms with Crippen LogP contribution in [0.2, 0.25) is 0 Å². The molecule has 2 amide bonds. The molecular weight excluding hydrogens is 409 g/mol. The van der Waals surface area contributed by atoms with Crippen molar-refractivity contribution in [2.45, 2.75) is 24.5 Å². The van der Waals surface area contributed by atoms with E-state index in [1.54, 1.807) is 0 Å². The van der Waals surface area contributed by atoms with Crippen LogP contribution in [0, 0.1) is 0 Å². The molecule has 0 atom stereocenters. The van der Waals surface area contributed by atoms with Crippen LogP contribution < -0.4 is 10.6 Å². The minimum absolute atomic E-state index is 0.134. The average Bonchev–Trinajstić information content (AvgIpc) is 3.05. The third-order valence-electron chi connectivity index (χ3n) is 3.65. The maximum Gasteiger partial charge on any atom is 0.418 e. The molecule has 0 aliphatic rings. The lowest BCUT2D eigenvalue weighted by Gasteiger charge is -2.13. The number of nitrogens with zero attached hydrogens (tertiary/aromatic N) is 2. The van der Waals surface area contributed by atoms with Crippen LogP contribution in [0.25, 0.3) is 0 Å². The third-order valence-corrected chi connectivity index (χ3v) is 4.64. The van der Waals surface area contributed by atoms with E-state index >= 15 is 0 Å². The molecule has 3 N–H and O–H groups in total. The number of para-hydroxylation sites is 1. The lowest BCUT2D eigenvalue weighted by Crippen LogP contribution is -2.28. The summed E-state index contributed by atoms with van der Waals surface area (Å²) in [6, 6.07) is 4.67. The van der Waals surface area contributed by atoms with Gasteiger partial charge in [-0.15, -0.1) is 6.58 Å². The van der Waals surface area contributed by atoms with Gasteiger partial charge in [-0.05, 0) is 12.1 Å². The number of halogens is 3. The molecule has 0 aliphatic carbocycles. The van der Waals surface area contributed by atoms with E-state index in [1.807, 2.05) is 0 Å². The molecule has 0 fully saturated rings. The Labute approximate surface area is 169 Å². The average molecular weight is 428 g/mol. The summed E-state index contributed by atoms with van der Waals surface area (Å²) >= 11 is 0.937. The molecule has 0 unspecified atom stereocenters. The molecule has 2 aromatic rings. The number of aliphatic hydroxyl groups excluding tert-OH is 1. The number of hydrogen-bond acceptors (Lipinski definition) is 5. The van der Waals surface area contributed by atoms with Crippen LogP contribution in [0.15, 0.2) is 48.3 Å². The van der Waals surface area contributed by atoms with Gasteiger partial charge >= 0.3 is 6.18 Å². The zero-order chi connectivity index (χ0) is 21.4. The molecule has 0 radical (unpaired) electrons. The number of anilines is 1. The maximum atomic E-state index is 13.0. The Morgan fingerprint density at radius 1 is 1.28 bits per heavy atom. The van der Waals surface area contributed by atoms with E-state index in [-0.39, 0.29) is 42.2 Å². The smallest absolute Gasteiger partial charge is 0.390 e. The van der Waals surface area contributed by atoms with Gasteiger partial charge in [-0.2, -0.15) is 13.2 Å². The number of aromatic nitrogens is 2. The Morgan fingerprint density at radius 3 is 2.66 bits per heavy atom. The number of carbonyl (C=O) groups is 2. The molecule has 0 bridgehead atoms. The number of alkyl halides is 3.